The number of pyridine rings is 1. The zero-order valence-corrected chi connectivity index (χ0v) is 18.5. The molecule has 8 nitrogen and oxygen atoms in total. The van der Waals surface area contributed by atoms with E-state index in [1.54, 1.807) is 31.4 Å². The van der Waals surface area contributed by atoms with Crippen LogP contribution in [0.4, 0.5) is 0 Å². The summed E-state index contributed by atoms with van der Waals surface area (Å²) in [4.78, 5) is 17.6. The topological polar surface area (TPSA) is 116 Å². The lowest BCUT2D eigenvalue weighted by molar-refractivity contribution is -0.672. The van der Waals surface area contributed by atoms with Gasteiger partial charge >= 0.3 is 5.69 Å². The lowest BCUT2D eigenvalue weighted by Crippen LogP contribution is -2.39. The molecular formula is C23H22N4O4S. The third-order valence-corrected chi connectivity index (χ3v) is 6.41. The number of ether oxygens (including phenoxy) is 1. The first-order valence-electron chi connectivity index (χ1n) is 10.4. The second-order valence-corrected chi connectivity index (χ2v) is 8.47. The SMILES string of the molecule is COc1ccc(-[n+]2noc([O-])c2C(=O)CSc2nc3c(cc2C#N)CCCCCC3)cc1. The van der Waals surface area contributed by atoms with Crippen LogP contribution >= 0.6 is 11.8 Å². The zero-order chi connectivity index (χ0) is 22.5. The van der Waals surface area contributed by atoms with E-state index >= 15 is 0 Å². The molecule has 1 aliphatic carbocycles. The van der Waals surface area contributed by atoms with Gasteiger partial charge in [-0.05, 0) is 54.1 Å². The molecule has 0 radical (unpaired) electrons. The predicted molar refractivity (Wildman–Crippen MR) is 114 cm³/mol. The second kappa shape index (κ2) is 9.83. The maximum absolute atomic E-state index is 12.9. The number of hydrogen-bond acceptors (Lipinski definition) is 8. The molecule has 1 aromatic carbocycles. The van der Waals surface area contributed by atoms with Crippen molar-refractivity contribution >= 4 is 17.5 Å². The summed E-state index contributed by atoms with van der Waals surface area (Å²) in [6.45, 7) is 0. The first-order valence-corrected chi connectivity index (χ1v) is 11.4. The normalized spacial score (nSPS) is 13.5. The minimum Gasteiger partial charge on any atom is -0.539 e. The number of methoxy groups -OCH3 is 1. The van der Waals surface area contributed by atoms with E-state index in [0.717, 1.165) is 48.7 Å². The highest BCUT2D eigenvalue weighted by Crippen LogP contribution is 2.27. The van der Waals surface area contributed by atoms with Crippen LogP contribution in [0, 0.1) is 11.3 Å². The van der Waals surface area contributed by atoms with Gasteiger partial charge in [-0.2, -0.15) is 5.26 Å². The molecule has 0 atom stereocenters. The number of aromatic nitrogens is 3. The molecule has 0 fully saturated rings. The fourth-order valence-corrected chi connectivity index (χ4v) is 4.58. The summed E-state index contributed by atoms with van der Waals surface area (Å²) >= 11 is 1.16. The number of Topliss-reactive ketones (excluding diaryl/α,β-unsaturated/α-hetero) is 1. The lowest BCUT2D eigenvalue weighted by Gasteiger charge is -2.15. The number of thioether (sulfide) groups is 1. The molecule has 32 heavy (non-hydrogen) atoms. The largest absolute Gasteiger partial charge is 0.539 e. The quantitative estimate of drug-likeness (QED) is 0.320. The maximum Gasteiger partial charge on any atom is 0.307 e. The number of rotatable bonds is 6. The van der Waals surface area contributed by atoms with Gasteiger partial charge in [-0.25, -0.2) is 4.98 Å². The number of ketones is 1. The first-order chi connectivity index (χ1) is 15.6. The zero-order valence-electron chi connectivity index (χ0n) is 17.7. The molecule has 0 saturated heterocycles. The molecule has 164 valence electrons. The summed E-state index contributed by atoms with van der Waals surface area (Å²) < 4.78 is 11.1. The van der Waals surface area contributed by atoms with Crippen molar-refractivity contribution in [1.29, 1.82) is 5.26 Å². The van der Waals surface area contributed by atoms with E-state index in [9.17, 15) is 15.2 Å². The van der Waals surface area contributed by atoms with Crippen LogP contribution < -0.4 is 14.5 Å². The molecule has 0 saturated carbocycles. The second-order valence-electron chi connectivity index (χ2n) is 7.50. The van der Waals surface area contributed by atoms with Crippen LogP contribution in [0.3, 0.4) is 0 Å². The van der Waals surface area contributed by atoms with Gasteiger partial charge in [0.25, 0.3) is 0 Å². The molecule has 0 unspecified atom stereocenters. The van der Waals surface area contributed by atoms with Gasteiger partial charge < -0.3 is 14.4 Å². The van der Waals surface area contributed by atoms with Gasteiger partial charge in [0.15, 0.2) is 5.95 Å². The molecular weight excluding hydrogens is 428 g/mol. The summed E-state index contributed by atoms with van der Waals surface area (Å²) in [6.07, 6.45) is 6.32. The molecule has 0 bridgehead atoms. The first kappa shape index (κ1) is 21.8. The van der Waals surface area contributed by atoms with Crippen molar-refractivity contribution < 1.29 is 23.8 Å². The highest BCUT2D eigenvalue weighted by molar-refractivity contribution is 8.00. The average Bonchev–Trinajstić information content (AvgIpc) is 3.19. The smallest absolute Gasteiger partial charge is 0.307 e. The number of benzene rings is 1. The van der Waals surface area contributed by atoms with Crippen LogP contribution in [0.25, 0.3) is 5.69 Å². The van der Waals surface area contributed by atoms with Gasteiger partial charge in [0, 0.05) is 17.8 Å². The molecule has 0 N–H and O–H groups in total. The fourth-order valence-electron chi connectivity index (χ4n) is 3.74. The van der Waals surface area contributed by atoms with Gasteiger partial charge in [0.1, 0.15) is 16.8 Å². The molecule has 0 spiro atoms. The van der Waals surface area contributed by atoms with Crippen molar-refractivity contribution in [3.8, 4) is 23.5 Å². The Bertz CT molecular complexity index is 1170. The van der Waals surface area contributed by atoms with Crippen LogP contribution in [0.2, 0.25) is 0 Å². The van der Waals surface area contributed by atoms with Crippen molar-refractivity contribution in [3.63, 3.8) is 0 Å². The summed E-state index contributed by atoms with van der Waals surface area (Å²) in [5.74, 6) is -0.683. The molecule has 1 aliphatic rings. The Kier molecular flexibility index (Phi) is 6.71. The van der Waals surface area contributed by atoms with Crippen LogP contribution in [0.15, 0.2) is 39.9 Å². The summed E-state index contributed by atoms with van der Waals surface area (Å²) in [5.41, 5.74) is 2.91. The molecule has 3 aromatic rings. The number of carbonyl (C=O) groups excluding carboxylic acids is 1. The highest BCUT2D eigenvalue weighted by atomic mass is 32.2. The van der Waals surface area contributed by atoms with E-state index in [0.29, 0.717) is 22.0 Å². The Labute approximate surface area is 189 Å². The molecule has 2 aromatic heterocycles. The minimum absolute atomic E-state index is 0.0624. The van der Waals surface area contributed by atoms with E-state index in [-0.39, 0.29) is 11.4 Å². The summed E-state index contributed by atoms with van der Waals surface area (Å²) in [6, 6.07) is 10.8. The van der Waals surface area contributed by atoms with Crippen LogP contribution in [-0.4, -0.2) is 28.9 Å². The fraction of sp³-hybridized carbons (Fsp3) is 0.348. The van der Waals surface area contributed by atoms with Gasteiger partial charge in [-0.15, -0.1) is 0 Å². The number of hydrogen-bond donors (Lipinski definition) is 0. The van der Waals surface area contributed by atoms with Crippen molar-refractivity contribution in [2.24, 2.45) is 0 Å². The Morgan fingerprint density at radius 3 is 2.72 bits per heavy atom. The highest BCUT2D eigenvalue weighted by Gasteiger charge is 2.28. The van der Waals surface area contributed by atoms with Crippen molar-refractivity contribution in [2.75, 3.05) is 12.9 Å². The van der Waals surface area contributed by atoms with Gasteiger partial charge in [0.2, 0.25) is 11.5 Å². The standard InChI is InChI=1S/C23H22N4O4S/c1-30-18-10-8-17(9-11-18)27-21(23(29)31-26-27)20(28)14-32-22-16(13-24)12-15-6-4-2-3-5-7-19(15)25-22/h8-12H,2-7,14H2,1H3. The van der Waals surface area contributed by atoms with Crippen LogP contribution in [0.1, 0.15) is 53.0 Å². The number of nitriles is 1. The Balaban J connectivity index is 1.56. The minimum atomic E-state index is -0.807. The molecule has 4 rings (SSSR count). The van der Waals surface area contributed by atoms with Gasteiger partial charge in [-0.1, -0.05) is 24.6 Å². The monoisotopic (exact) mass is 450 g/mol. The number of fused-ring (bicyclic) bond motifs is 1. The molecule has 2 heterocycles. The summed E-state index contributed by atoms with van der Waals surface area (Å²) in [7, 11) is 1.55. The third kappa shape index (κ3) is 4.60. The van der Waals surface area contributed by atoms with E-state index in [1.807, 2.05) is 6.07 Å². The number of carbonyl (C=O) groups is 1. The van der Waals surface area contributed by atoms with Crippen molar-refractivity contribution in [1.82, 2.24) is 10.3 Å². The predicted octanol–water partition coefficient (Wildman–Crippen LogP) is 2.93. The lowest BCUT2D eigenvalue weighted by atomic mass is 9.96. The van der Waals surface area contributed by atoms with Crippen LogP contribution in [0.5, 0.6) is 11.7 Å². The van der Waals surface area contributed by atoms with E-state index in [2.05, 4.69) is 11.3 Å². The maximum atomic E-state index is 12.9. The number of aryl methyl sites for hydroxylation is 2. The molecule has 0 aliphatic heterocycles. The van der Waals surface area contributed by atoms with Crippen molar-refractivity contribution in [2.45, 2.75) is 43.6 Å². The third-order valence-electron chi connectivity index (χ3n) is 5.42. The number of nitrogens with zero attached hydrogens (tertiary/aromatic N) is 4. The molecule has 9 heteroatoms. The average molecular weight is 451 g/mol. The van der Waals surface area contributed by atoms with Gasteiger partial charge in [0.05, 0.1) is 23.7 Å². The van der Waals surface area contributed by atoms with E-state index < -0.39 is 11.7 Å². The Morgan fingerprint density at radius 2 is 2.00 bits per heavy atom. The van der Waals surface area contributed by atoms with E-state index in [4.69, 9.17) is 14.2 Å². The van der Waals surface area contributed by atoms with Crippen molar-refractivity contribution in [3.05, 3.63) is 52.8 Å². The van der Waals surface area contributed by atoms with Gasteiger partial charge in [-0.3, -0.25) is 4.79 Å². The van der Waals surface area contributed by atoms with E-state index in [1.165, 1.54) is 17.5 Å². The Morgan fingerprint density at radius 1 is 1.25 bits per heavy atom. The Hall–Kier alpha value is -3.38. The van der Waals surface area contributed by atoms with Crippen LogP contribution in [-0.2, 0) is 12.8 Å². The molecule has 0 amide bonds. The summed E-state index contributed by atoms with van der Waals surface area (Å²) in [5, 5.41) is 26.0.